The van der Waals surface area contributed by atoms with Gasteiger partial charge in [-0.05, 0) is 18.1 Å². The van der Waals surface area contributed by atoms with E-state index in [4.69, 9.17) is 4.74 Å². The molecule has 16 heavy (non-hydrogen) atoms. The normalized spacial score (nSPS) is 31.8. The second-order valence-corrected chi connectivity index (χ2v) is 5.27. The number of benzene rings is 1. The summed E-state index contributed by atoms with van der Waals surface area (Å²) in [4.78, 5) is 0. The first kappa shape index (κ1) is 10.5. The maximum Gasteiger partial charge on any atom is 0.105 e. The largest absolute Gasteiger partial charge is 0.364 e. The number of rotatable bonds is 3. The van der Waals surface area contributed by atoms with Crippen LogP contribution in [0.3, 0.4) is 0 Å². The minimum absolute atomic E-state index is 0.230. The van der Waals surface area contributed by atoms with Gasteiger partial charge in [-0.25, -0.2) is 0 Å². The Balaban J connectivity index is 1.60. The van der Waals surface area contributed by atoms with Crippen molar-refractivity contribution in [1.82, 2.24) is 5.32 Å². The molecular formula is C13H14BrNO. The van der Waals surface area contributed by atoms with Crippen molar-refractivity contribution in [3.63, 3.8) is 0 Å². The van der Waals surface area contributed by atoms with Gasteiger partial charge in [0.2, 0.25) is 0 Å². The van der Waals surface area contributed by atoms with Crippen molar-refractivity contribution in [2.24, 2.45) is 0 Å². The molecule has 1 fully saturated rings. The topological polar surface area (TPSA) is 21.3 Å². The number of hydrogen-bond donors (Lipinski definition) is 1. The van der Waals surface area contributed by atoms with Crippen LogP contribution in [0.5, 0.6) is 0 Å². The Labute approximate surface area is 104 Å². The molecule has 0 spiro atoms. The van der Waals surface area contributed by atoms with Crippen molar-refractivity contribution in [3.8, 4) is 0 Å². The van der Waals surface area contributed by atoms with Gasteiger partial charge in [-0.1, -0.05) is 46.3 Å². The lowest BCUT2D eigenvalue weighted by molar-refractivity contribution is 0.112. The molecule has 0 aliphatic carbocycles. The van der Waals surface area contributed by atoms with Crippen LogP contribution in [-0.2, 0) is 11.3 Å². The average molecular weight is 280 g/mol. The molecule has 1 aromatic rings. The molecule has 3 rings (SSSR count). The zero-order valence-electron chi connectivity index (χ0n) is 8.90. The van der Waals surface area contributed by atoms with E-state index in [2.05, 4.69) is 51.6 Å². The zero-order valence-corrected chi connectivity index (χ0v) is 10.5. The zero-order chi connectivity index (χ0) is 11.0. The van der Waals surface area contributed by atoms with E-state index in [1.165, 1.54) is 10.0 Å². The van der Waals surface area contributed by atoms with Gasteiger partial charge in [-0.15, -0.1) is 0 Å². The summed E-state index contributed by atoms with van der Waals surface area (Å²) in [5, 5.41) is 3.56. The molecule has 1 saturated heterocycles. The van der Waals surface area contributed by atoms with Crippen molar-refractivity contribution >= 4 is 15.9 Å². The van der Waals surface area contributed by atoms with Gasteiger partial charge < -0.3 is 10.1 Å². The van der Waals surface area contributed by atoms with E-state index < -0.39 is 0 Å². The third-order valence-electron chi connectivity index (χ3n) is 3.20. The monoisotopic (exact) mass is 279 g/mol. The van der Waals surface area contributed by atoms with E-state index in [-0.39, 0.29) is 6.10 Å². The molecule has 2 bridgehead atoms. The Morgan fingerprint density at radius 1 is 1.31 bits per heavy atom. The van der Waals surface area contributed by atoms with E-state index in [0.29, 0.717) is 12.1 Å². The van der Waals surface area contributed by atoms with Crippen LogP contribution in [-0.4, -0.2) is 18.2 Å². The molecule has 84 valence electrons. The summed E-state index contributed by atoms with van der Waals surface area (Å²) in [5.74, 6) is 0. The number of ether oxygens (including phenoxy) is 1. The van der Waals surface area contributed by atoms with E-state index in [9.17, 15) is 0 Å². The van der Waals surface area contributed by atoms with Crippen molar-refractivity contribution in [2.45, 2.75) is 31.2 Å². The minimum atomic E-state index is 0.230. The fourth-order valence-electron chi connectivity index (χ4n) is 2.38. The number of fused-ring (bicyclic) bond motifs is 2. The van der Waals surface area contributed by atoms with Crippen LogP contribution < -0.4 is 5.32 Å². The molecule has 1 N–H and O–H groups in total. The summed E-state index contributed by atoms with van der Waals surface area (Å²) < 4.78 is 6.99. The van der Waals surface area contributed by atoms with Crippen molar-refractivity contribution < 1.29 is 4.74 Å². The predicted octanol–water partition coefficient (Wildman–Crippen LogP) is 2.59. The number of halogens is 1. The Hall–Kier alpha value is -0.640. The third-order valence-corrected chi connectivity index (χ3v) is 3.92. The molecule has 3 heteroatoms. The summed E-state index contributed by atoms with van der Waals surface area (Å²) in [6, 6.07) is 10.9. The van der Waals surface area contributed by atoms with E-state index in [0.717, 1.165) is 13.0 Å². The van der Waals surface area contributed by atoms with Crippen LogP contribution in [0, 0.1) is 0 Å². The molecule has 3 atom stereocenters. The third kappa shape index (κ3) is 1.95. The summed E-state index contributed by atoms with van der Waals surface area (Å²) in [5.41, 5.74) is 1.32. The minimum Gasteiger partial charge on any atom is -0.364 e. The molecule has 2 aliphatic heterocycles. The van der Waals surface area contributed by atoms with Crippen LogP contribution in [0.1, 0.15) is 12.0 Å². The van der Waals surface area contributed by atoms with Gasteiger partial charge in [0, 0.05) is 17.1 Å². The van der Waals surface area contributed by atoms with Gasteiger partial charge in [-0.3, -0.25) is 0 Å². The predicted molar refractivity (Wildman–Crippen MR) is 67.4 cm³/mol. The highest BCUT2D eigenvalue weighted by atomic mass is 79.9. The lowest BCUT2D eigenvalue weighted by Crippen LogP contribution is -2.36. The molecule has 1 aromatic carbocycles. The van der Waals surface area contributed by atoms with Crippen LogP contribution >= 0.6 is 15.9 Å². The van der Waals surface area contributed by atoms with Crippen molar-refractivity contribution in [1.29, 1.82) is 0 Å². The van der Waals surface area contributed by atoms with E-state index in [1.807, 2.05) is 6.07 Å². The second kappa shape index (κ2) is 4.32. The molecule has 2 nitrogen and oxygen atoms in total. The fourth-order valence-corrected chi connectivity index (χ4v) is 3.11. The fraction of sp³-hybridized carbons (Fsp3) is 0.385. The van der Waals surface area contributed by atoms with Crippen LogP contribution in [0.2, 0.25) is 0 Å². The maximum absolute atomic E-state index is 5.78. The highest BCUT2D eigenvalue weighted by Gasteiger charge is 2.40. The highest BCUT2D eigenvalue weighted by molar-refractivity contribution is 9.11. The van der Waals surface area contributed by atoms with Crippen molar-refractivity contribution in [3.05, 3.63) is 46.5 Å². The van der Waals surface area contributed by atoms with Gasteiger partial charge in [0.1, 0.15) is 6.10 Å². The molecule has 0 saturated carbocycles. The Kier molecular flexibility index (Phi) is 2.84. The molecule has 0 radical (unpaired) electrons. The van der Waals surface area contributed by atoms with E-state index >= 15 is 0 Å². The molecule has 0 unspecified atom stereocenters. The Morgan fingerprint density at radius 3 is 2.81 bits per heavy atom. The summed E-state index contributed by atoms with van der Waals surface area (Å²) in [6.45, 7) is 0.915. The first-order chi connectivity index (χ1) is 7.83. The Bertz CT molecular complexity index is 404. The van der Waals surface area contributed by atoms with Crippen LogP contribution in [0.25, 0.3) is 0 Å². The lowest BCUT2D eigenvalue weighted by Gasteiger charge is -2.19. The van der Waals surface area contributed by atoms with Crippen LogP contribution in [0.4, 0.5) is 0 Å². The quantitative estimate of drug-likeness (QED) is 0.919. The SMILES string of the molecule is BrC1=C[C@@H]2C[C@H](NCc3ccccc3)[C@H]1O2. The molecule has 0 amide bonds. The molecule has 2 aliphatic rings. The Morgan fingerprint density at radius 2 is 2.12 bits per heavy atom. The first-order valence-corrected chi connectivity index (χ1v) is 6.42. The molecule has 2 heterocycles. The average Bonchev–Trinajstić information content (AvgIpc) is 2.86. The smallest absolute Gasteiger partial charge is 0.105 e. The van der Waals surface area contributed by atoms with Crippen molar-refractivity contribution in [2.75, 3.05) is 0 Å². The standard InChI is InChI=1S/C13H14BrNO/c14-11-6-10-7-12(13(11)16-10)15-8-9-4-2-1-3-5-9/h1-6,10,12-13,15H,7-8H2/t10-,12+,13+/m1/s1. The summed E-state index contributed by atoms with van der Waals surface area (Å²) in [6.07, 6.45) is 3.80. The summed E-state index contributed by atoms with van der Waals surface area (Å²) >= 11 is 3.56. The lowest BCUT2D eigenvalue weighted by atomic mass is 10.0. The van der Waals surface area contributed by atoms with Gasteiger partial charge in [0.05, 0.1) is 6.10 Å². The van der Waals surface area contributed by atoms with Gasteiger partial charge in [0.15, 0.2) is 0 Å². The summed E-state index contributed by atoms with van der Waals surface area (Å²) in [7, 11) is 0. The highest BCUT2D eigenvalue weighted by Crippen LogP contribution is 2.36. The van der Waals surface area contributed by atoms with E-state index in [1.54, 1.807) is 0 Å². The van der Waals surface area contributed by atoms with Gasteiger partial charge >= 0.3 is 0 Å². The second-order valence-electron chi connectivity index (χ2n) is 4.36. The van der Waals surface area contributed by atoms with Gasteiger partial charge in [-0.2, -0.15) is 0 Å². The molecular weight excluding hydrogens is 266 g/mol. The number of nitrogens with one attached hydrogen (secondary N) is 1. The first-order valence-electron chi connectivity index (χ1n) is 5.63. The molecule has 0 aromatic heterocycles. The van der Waals surface area contributed by atoms with Gasteiger partial charge in [0.25, 0.3) is 0 Å². The maximum atomic E-state index is 5.78. The van der Waals surface area contributed by atoms with Crippen LogP contribution in [0.15, 0.2) is 40.9 Å². The number of hydrogen-bond acceptors (Lipinski definition) is 2.